The Hall–Kier alpha value is -1.09. The zero-order valence-electron chi connectivity index (χ0n) is 8.43. The summed E-state index contributed by atoms with van der Waals surface area (Å²) in [6, 6.07) is 0. The molecule has 0 spiro atoms. The molecule has 0 unspecified atom stereocenters. The summed E-state index contributed by atoms with van der Waals surface area (Å²) in [5, 5.41) is 1.45. The van der Waals surface area contributed by atoms with Gasteiger partial charge in [-0.1, -0.05) is 32.4 Å². The molecule has 0 aromatic carbocycles. The van der Waals surface area contributed by atoms with E-state index in [9.17, 15) is 0 Å². The number of halogens is 1. The van der Waals surface area contributed by atoms with Gasteiger partial charge in [-0.25, -0.2) is 9.97 Å². The molecule has 0 amide bonds. The van der Waals surface area contributed by atoms with Crippen molar-refractivity contribution in [1.29, 1.82) is 0 Å². The van der Waals surface area contributed by atoms with Crippen molar-refractivity contribution in [3.8, 4) is 0 Å². The molecule has 0 aliphatic rings. The highest BCUT2D eigenvalue weighted by atomic mass is 35.5. The second-order valence-corrected chi connectivity index (χ2v) is 4.70. The lowest BCUT2D eigenvalue weighted by Gasteiger charge is -2.17. The summed E-state index contributed by atoms with van der Waals surface area (Å²) in [5.74, 6) is 0. The van der Waals surface area contributed by atoms with Crippen LogP contribution in [-0.2, 0) is 5.41 Å². The topological polar surface area (TPSA) is 41.6 Å². The minimum absolute atomic E-state index is 0.0482. The first kappa shape index (κ1) is 9.46. The van der Waals surface area contributed by atoms with Crippen LogP contribution in [0.2, 0.25) is 5.15 Å². The molecule has 0 aliphatic heterocycles. The molecule has 0 bridgehead atoms. The van der Waals surface area contributed by atoms with Crippen LogP contribution in [-0.4, -0.2) is 15.0 Å². The fourth-order valence-corrected chi connectivity index (χ4v) is 1.75. The minimum Gasteiger partial charge on any atom is -0.346 e. The summed E-state index contributed by atoms with van der Waals surface area (Å²) in [6.45, 7) is 6.41. The van der Waals surface area contributed by atoms with Gasteiger partial charge in [0.15, 0.2) is 0 Å². The molecule has 0 saturated carbocycles. The number of rotatable bonds is 0. The standard InChI is InChI=1S/C10H12ClN3/c1-10(2,3)6-4-12-9-7(6)8(11)13-5-14-9/h4-5H,1-3H3,(H,12,13,14). The van der Waals surface area contributed by atoms with Crippen molar-refractivity contribution in [2.75, 3.05) is 0 Å². The average Bonchev–Trinajstić information content (AvgIpc) is 2.47. The van der Waals surface area contributed by atoms with Gasteiger partial charge < -0.3 is 4.98 Å². The van der Waals surface area contributed by atoms with E-state index in [4.69, 9.17) is 11.6 Å². The Bertz CT molecular complexity index is 468. The van der Waals surface area contributed by atoms with Gasteiger partial charge in [0.2, 0.25) is 0 Å². The maximum atomic E-state index is 6.04. The fourth-order valence-electron chi connectivity index (χ4n) is 1.52. The van der Waals surface area contributed by atoms with Crippen molar-refractivity contribution in [3.63, 3.8) is 0 Å². The number of hydrogen-bond acceptors (Lipinski definition) is 2. The van der Waals surface area contributed by atoms with E-state index in [1.54, 1.807) is 0 Å². The number of nitrogens with zero attached hydrogens (tertiary/aromatic N) is 2. The molecule has 1 N–H and O–H groups in total. The van der Waals surface area contributed by atoms with Gasteiger partial charge in [0.1, 0.15) is 17.1 Å². The van der Waals surface area contributed by atoms with Crippen LogP contribution in [0, 0.1) is 0 Å². The van der Waals surface area contributed by atoms with Crippen molar-refractivity contribution < 1.29 is 0 Å². The summed E-state index contributed by atoms with van der Waals surface area (Å²) in [4.78, 5) is 11.2. The second-order valence-electron chi connectivity index (χ2n) is 4.34. The van der Waals surface area contributed by atoms with Crippen LogP contribution in [0.1, 0.15) is 26.3 Å². The lowest BCUT2D eigenvalue weighted by molar-refractivity contribution is 0.595. The first-order chi connectivity index (χ1) is 6.50. The van der Waals surface area contributed by atoms with Gasteiger partial charge in [0.25, 0.3) is 0 Å². The van der Waals surface area contributed by atoms with Gasteiger partial charge in [-0.3, -0.25) is 0 Å². The summed E-state index contributed by atoms with van der Waals surface area (Å²) in [5.41, 5.74) is 2.00. The maximum absolute atomic E-state index is 6.04. The predicted molar refractivity (Wildman–Crippen MR) is 57.6 cm³/mol. The van der Waals surface area contributed by atoms with E-state index in [0.717, 1.165) is 16.6 Å². The Morgan fingerprint density at radius 3 is 2.64 bits per heavy atom. The van der Waals surface area contributed by atoms with Gasteiger partial charge in [0, 0.05) is 6.20 Å². The largest absolute Gasteiger partial charge is 0.346 e. The molecular weight excluding hydrogens is 198 g/mol. The van der Waals surface area contributed by atoms with E-state index in [-0.39, 0.29) is 5.41 Å². The lowest BCUT2D eigenvalue weighted by atomic mass is 9.87. The smallest absolute Gasteiger partial charge is 0.142 e. The van der Waals surface area contributed by atoms with Gasteiger partial charge >= 0.3 is 0 Å². The van der Waals surface area contributed by atoms with Crippen molar-refractivity contribution in [2.24, 2.45) is 0 Å². The van der Waals surface area contributed by atoms with Crippen LogP contribution >= 0.6 is 11.6 Å². The van der Waals surface area contributed by atoms with Crippen molar-refractivity contribution in [3.05, 3.63) is 23.2 Å². The average molecular weight is 210 g/mol. The molecule has 4 heteroatoms. The normalized spacial score (nSPS) is 12.3. The number of aromatic amines is 1. The second kappa shape index (κ2) is 2.95. The maximum Gasteiger partial charge on any atom is 0.142 e. The molecule has 0 aliphatic carbocycles. The van der Waals surface area contributed by atoms with Gasteiger partial charge in [-0.15, -0.1) is 0 Å². The molecule has 0 saturated heterocycles. The predicted octanol–water partition coefficient (Wildman–Crippen LogP) is 2.91. The van der Waals surface area contributed by atoms with Crippen LogP contribution in [0.3, 0.4) is 0 Å². The van der Waals surface area contributed by atoms with E-state index in [1.807, 2.05) is 6.20 Å². The molecule has 74 valence electrons. The van der Waals surface area contributed by atoms with Crippen molar-refractivity contribution in [2.45, 2.75) is 26.2 Å². The third-order valence-corrected chi connectivity index (χ3v) is 2.52. The van der Waals surface area contributed by atoms with Crippen molar-refractivity contribution >= 4 is 22.6 Å². The Morgan fingerprint density at radius 2 is 2.00 bits per heavy atom. The third kappa shape index (κ3) is 1.38. The number of aromatic nitrogens is 3. The van der Waals surface area contributed by atoms with E-state index in [1.165, 1.54) is 6.33 Å². The fraction of sp³-hybridized carbons (Fsp3) is 0.400. The lowest BCUT2D eigenvalue weighted by Crippen LogP contribution is -2.10. The molecule has 2 rings (SSSR count). The van der Waals surface area contributed by atoms with E-state index in [0.29, 0.717) is 5.15 Å². The first-order valence-corrected chi connectivity index (χ1v) is 4.86. The number of nitrogens with one attached hydrogen (secondary N) is 1. The van der Waals surface area contributed by atoms with Crippen molar-refractivity contribution in [1.82, 2.24) is 15.0 Å². The van der Waals surface area contributed by atoms with Crippen LogP contribution < -0.4 is 0 Å². The van der Waals surface area contributed by atoms with E-state index >= 15 is 0 Å². The molecule has 0 radical (unpaired) electrons. The number of H-pyrrole nitrogens is 1. The quantitative estimate of drug-likeness (QED) is 0.678. The first-order valence-electron chi connectivity index (χ1n) is 4.48. The van der Waals surface area contributed by atoms with Crippen LogP contribution in [0.25, 0.3) is 11.0 Å². The highest BCUT2D eigenvalue weighted by Gasteiger charge is 2.20. The SMILES string of the molecule is CC(C)(C)c1c[nH]c2ncnc(Cl)c12. The molecule has 2 aromatic heterocycles. The minimum atomic E-state index is 0.0482. The molecule has 2 heterocycles. The summed E-state index contributed by atoms with van der Waals surface area (Å²) < 4.78 is 0. The molecule has 2 aromatic rings. The zero-order chi connectivity index (χ0) is 10.3. The highest BCUT2D eigenvalue weighted by molar-refractivity contribution is 6.34. The van der Waals surface area contributed by atoms with Crippen LogP contribution in [0.5, 0.6) is 0 Å². The molecule has 0 fully saturated rings. The summed E-state index contributed by atoms with van der Waals surface area (Å²) in [7, 11) is 0. The van der Waals surface area contributed by atoms with Gasteiger partial charge in [0.05, 0.1) is 5.39 Å². The molecule has 3 nitrogen and oxygen atoms in total. The molecule has 14 heavy (non-hydrogen) atoms. The van der Waals surface area contributed by atoms with Crippen LogP contribution in [0.4, 0.5) is 0 Å². The van der Waals surface area contributed by atoms with Crippen LogP contribution in [0.15, 0.2) is 12.5 Å². The Morgan fingerprint density at radius 1 is 1.29 bits per heavy atom. The molecule has 0 atom stereocenters. The van der Waals surface area contributed by atoms with Gasteiger partial charge in [-0.05, 0) is 11.0 Å². The number of fused-ring (bicyclic) bond motifs is 1. The van der Waals surface area contributed by atoms with E-state index < -0.39 is 0 Å². The molecular formula is C10H12ClN3. The Labute approximate surface area is 87.5 Å². The Kier molecular flexibility index (Phi) is 2.00. The summed E-state index contributed by atoms with van der Waals surface area (Å²) >= 11 is 6.04. The van der Waals surface area contributed by atoms with E-state index in [2.05, 4.69) is 35.7 Å². The number of hydrogen-bond donors (Lipinski definition) is 1. The third-order valence-electron chi connectivity index (χ3n) is 2.23. The summed E-state index contributed by atoms with van der Waals surface area (Å²) in [6.07, 6.45) is 3.42. The monoisotopic (exact) mass is 209 g/mol. The zero-order valence-corrected chi connectivity index (χ0v) is 9.18. The van der Waals surface area contributed by atoms with Gasteiger partial charge in [-0.2, -0.15) is 0 Å². The Balaban J connectivity index is 2.80. The highest BCUT2D eigenvalue weighted by Crippen LogP contribution is 2.32.